The molecule has 4 heteroatoms. The van der Waals surface area contributed by atoms with Gasteiger partial charge in [-0.1, -0.05) is 0 Å². The lowest BCUT2D eigenvalue weighted by Gasteiger charge is -1.77. The Morgan fingerprint density at radius 3 is 2.36 bits per heavy atom. The maximum atomic E-state index is 3.83. The average molecular weight is 150 g/mol. The molecular weight excluding hydrogens is 140 g/mol. The lowest BCUT2D eigenvalue weighted by molar-refractivity contribution is 0.768. The fourth-order valence-corrected chi connectivity index (χ4v) is 0.560. The van der Waals surface area contributed by atoms with Crippen LogP contribution in [0.5, 0.6) is 0 Å². The van der Waals surface area contributed by atoms with Crippen molar-refractivity contribution in [3.8, 4) is 0 Å². The molecule has 2 aromatic heterocycles. The van der Waals surface area contributed by atoms with Gasteiger partial charge in [0, 0.05) is 31.8 Å². The van der Waals surface area contributed by atoms with E-state index in [1.54, 1.807) is 23.3 Å². The van der Waals surface area contributed by atoms with Crippen LogP contribution in [-0.4, -0.2) is 20.0 Å². The molecule has 0 amide bonds. The Morgan fingerprint density at radius 2 is 2.18 bits per heavy atom. The summed E-state index contributed by atoms with van der Waals surface area (Å²) in [7, 11) is 1.89. The van der Waals surface area contributed by atoms with Crippen LogP contribution in [0.25, 0.3) is 0 Å². The molecule has 0 unspecified atom stereocenters. The highest BCUT2D eigenvalue weighted by molar-refractivity contribution is 4.75. The van der Waals surface area contributed by atoms with E-state index in [0.717, 1.165) is 0 Å². The maximum absolute atomic E-state index is 3.83. The molecule has 2 heterocycles. The molecule has 0 aliphatic carbocycles. The highest BCUT2D eigenvalue weighted by atomic mass is 15.2. The first kappa shape index (κ1) is 7.53. The molecule has 0 spiro atoms. The van der Waals surface area contributed by atoms with E-state index in [2.05, 4.69) is 15.3 Å². The zero-order chi connectivity index (χ0) is 7.94. The van der Waals surface area contributed by atoms with Crippen molar-refractivity contribution in [2.24, 2.45) is 7.05 Å². The quantitative estimate of drug-likeness (QED) is 0.604. The zero-order valence-corrected chi connectivity index (χ0v) is 6.31. The van der Waals surface area contributed by atoms with Crippen LogP contribution in [0.15, 0.2) is 36.9 Å². The number of hydrogen-bond acceptors (Lipinski definition) is 2. The maximum Gasteiger partial charge on any atom is 0.0489 e. The number of hydrogen-bond donors (Lipinski definition) is 1. The van der Waals surface area contributed by atoms with Gasteiger partial charge in [0.2, 0.25) is 0 Å². The number of aromatic amines is 1. The molecule has 0 aliphatic heterocycles. The van der Waals surface area contributed by atoms with Crippen molar-refractivity contribution in [3.05, 3.63) is 36.9 Å². The summed E-state index contributed by atoms with van der Waals surface area (Å²) >= 11 is 0. The van der Waals surface area contributed by atoms with Gasteiger partial charge in [0.1, 0.15) is 0 Å². The summed E-state index contributed by atoms with van der Waals surface area (Å²) in [6, 6.07) is 3.72. The van der Waals surface area contributed by atoms with Gasteiger partial charge in [-0.3, -0.25) is 9.78 Å². The smallest absolute Gasteiger partial charge is 0.0489 e. The molecule has 0 radical (unpaired) electrons. The second kappa shape index (κ2) is 4.27. The van der Waals surface area contributed by atoms with E-state index in [1.165, 1.54) is 0 Å². The van der Waals surface area contributed by atoms with Gasteiger partial charge in [-0.2, -0.15) is 10.2 Å². The van der Waals surface area contributed by atoms with Gasteiger partial charge in [-0.15, -0.1) is 0 Å². The molecule has 0 bridgehead atoms. The van der Waals surface area contributed by atoms with Crippen LogP contribution in [0.1, 0.15) is 0 Å². The van der Waals surface area contributed by atoms with E-state index < -0.39 is 0 Å². The van der Waals surface area contributed by atoms with Crippen LogP contribution in [0.2, 0.25) is 0 Å². The molecule has 0 saturated heterocycles. The molecule has 11 heavy (non-hydrogen) atoms. The molecule has 2 aromatic rings. The molecular formula is C7H10N4. The van der Waals surface area contributed by atoms with Crippen molar-refractivity contribution in [1.29, 1.82) is 0 Å². The zero-order valence-electron chi connectivity index (χ0n) is 6.31. The van der Waals surface area contributed by atoms with E-state index in [0.29, 0.717) is 0 Å². The summed E-state index contributed by atoms with van der Waals surface area (Å²) < 4.78 is 1.75. The van der Waals surface area contributed by atoms with Gasteiger partial charge >= 0.3 is 0 Å². The van der Waals surface area contributed by atoms with E-state index in [9.17, 15) is 0 Å². The van der Waals surface area contributed by atoms with Gasteiger partial charge in [-0.25, -0.2) is 0 Å². The van der Waals surface area contributed by atoms with Gasteiger partial charge in [-0.05, 0) is 12.1 Å². The first-order chi connectivity index (χ1) is 5.39. The summed E-state index contributed by atoms with van der Waals surface area (Å²) in [5.74, 6) is 0. The van der Waals surface area contributed by atoms with Gasteiger partial charge < -0.3 is 0 Å². The Morgan fingerprint density at radius 1 is 1.27 bits per heavy atom. The van der Waals surface area contributed by atoms with Crippen LogP contribution < -0.4 is 0 Å². The van der Waals surface area contributed by atoms with Crippen LogP contribution in [-0.2, 0) is 7.05 Å². The topological polar surface area (TPSA) is 46.5 Å². The molecule has 0 aromatic carbocycles. The number of nitrogens with one attached hydrogen (secondary N) is 1. The predicted molar refractivity (Wildman–Crippen MR) is 41.8 cm³/mol. The molecule has 4 nitrogen and oxygen atoms in total. The second-order valence-electron chi connectivity index (χ2n) is 1.95. The lowest BCUT2D eigenvalue weighted by Crippen LogP contribution is -1.83. The highest BCUT2D eigenvalue weighted by Gasteiger charge is 1.69. The first-order valence-electron chi connectivity index (χ1n) is 3.27. The van der Waals surface area contributed by atoms with Crippen molar-refractivity contribution >= 4 is 0 Å². The lowest BCUT2D eigenvalue weighted by atomic mass is 10.8. The third-order valence-electron chi connectivity index (χ3n) is 1.04. The van der Waals surface area contributed by atoms with Gasteiger partial charge in [0.15, 0.2) is 0 Å². The van der Waals surface area contributed by atoms with Crippen LogP contribution in [0.3, 0.4) is 0 Å². The molecule has 0 aliphatic rings. The Labute approximate surface area is 64.9 Å². The predicted octanol–water partition coefficient (Wildman–Crippen LogP) is 0.830. The van der Waals surface area contributed by atoms with Crippen molar-refractivity contribution < 1.29 is 0 Å². The minimum absolute atomic E-state index is 1.69. The summed E-state index contributed by atoms with van der Waals surface area (Å²) in [5.41, 5.74) is 0. The fraction of sp³-hybridized carbons (Fsp3) is 0.143. The summed E-state index contributed by atoms with van der Waals surface area (Å²) in [6.07, 6.45) is 7.10. The Kier molecular flexibility index (Phi) is 2.92. The van der Waals surface area contributed by atoms with Crippen LogP contribution >= 0.6 is 0 Å². The van der Waals surface area contributed by atoms with Crippen molar-refractivity contribution in [2.45, 2.75) is 0 Å². The molecule has 0 atom stereocenters. The first-order valence-corrected chi connectivity index (χ1v) is 3.27. The molecule has 0 fully saturated rings. The summed E-state index contributed by atoms with van der Waals surface area (Å²) in [6.45, 7) is 0. The normalized spacial score (nSPS) is 8.45. The third kappa shape index (κ3) is 3.20. The standard InChI is InChI=1S/C4H6N2.C3H4N2/c1-6-4-2-3-5-6;1-2-4-5-3-1/h2-4H,1H3;1-3H,(H,4,5). The fourth-order valence-electron chi connectivity index (χ4n) is 0.560. The SMILES string of the molecule is Cn1cccn1.c1cn[nH]c1. The monoisotopic (exact) mass is 150 g/mol. The third-order valence-corrected chi connectivity index (χ3v) is 1.04. The van der Waals surface area contributed by atoms with Crippen molar-refractivity contribution in [2.75, 3.05) is 0 Å². The largest absolute Gasteiger partial charge is 0.286 e. The van der Waals surface area contributed by atoms with E-state index in [1.807, 2.05) is 25.4 Å². The van der Waals surface area contributed by atoms with E-state index in [-0.39, 0.29) is 0 Å². The number of nitrogens with zero attached hydrogens (tertiary/aromatic N) is 3. The summed E-state index contributed by atoms with van der Waals surface area (Å²) in [4.78, 5) is 0. The minimum atomic E-state index is 1.69. The number of H-pyrrole nitrogens is 1. The minimum Gasteiger partial charge on any atom is -0.286 e. The Bertz CT molecular complexity index is 229. The Balaban J connectivity index is 0.000000112. The van der Waals surface area contributed by atoms with E-state index >= 15 is 0 Å². The van der Waals surface area contributed by atoms with Crippen LogP contribution in [0, 0.1) is 0 Å². The van der Waals surface area contributed by atoms with Crippen LogP contribution in [0.4, 0.5) is 0 Å². The molecule has 1 N–H and O–H groups in total. The van der Waals surface area contributed by atoms with Gasteiger partial charge in [0.05, 0.1) is 0 Å². The number of aromatic nitrogens is 4. The number of rotatable bonds is 0. The number of aryl methyl sites for hydroxylation is 1. The van der Waals surface area contributed by atoms with E-state index in [4.69, 9.17) is 0 Å². The molecule has 58 valence electrons. The highest BCUT2D eigenvalue weighted by Crippen LogP contribution is 1.73. The Hall–Kier alpha value is -1.58. The second-order valence-corrected chi connectivity index (χ2v) is 1.95. The van der Waals surface area contributed by atoms with Gasteiger partial charge in [0.25, 0.3) is 0 Å². The summed E-state index contributed by atoms with van der Waals surface area (Å²) in [5, 5.41) is 10.0. The average Bonchev–Trinajstić information content (AvgIpc) is 2.57. The molecule has 2 rings (SSSR count). The van der Waals surface area contributed by atoms with Crippen molar-refractivity contribution in [3.63, 3.8) is 0 Å². The van der Waals surface area contributed by atoms with Crippen molar-refractivity contribution in [1.82, 2.24) is 20.0 Å². The molecule has 0 saturated carbocycles.